The lowest BCUT2D eigenvalue weighted by Crippen LogP contribution is -2.41. The Bertz CT molecular complexity index is 810. The van der Waals surface area contributed by atoms with Crippen LogP contribution in [0.4, 0.5) is 10.1 Å². The maximum atomic E-state index is 13.5. The van der Waals surface area contributed by atoms with Gasteiger partial charge in [0.2, 0.25) is 15.9 Å². The first-order chi connectivity index (χ1) is 10.8. The number of carbonyl (C=O) groups is 1. The molecule has 5 nitrogen and oxygen atoms in total. The van der Waals surface area contributed by atoms with Gasteiger partial charge in [-0.3, -0.25) is 4.79 Å². The third-order valence-corrected chi connectivity index (χ3v) is 5.07. The van der Waals surface area contributed by atoms with Crippen LogP contribution in [0.2, 0.25) is 0 Å². The van der Waals surface area contributed by atoms with Crippen LogP contribution in [0.5, 0.6) is 0 Å². The minimum atomic E-state index is -3.85. The highest BCUT2D eigenvalue weighted by molar-refractivity contribution is 9.10. The average Bonchev–Trinajstić information content (AvgIpc) is 2.49. The van der Waals surface area contributed by atoms with E-state index in [2.05, 4.69) is 26.0 Å². The summed E-state index contributed by atoms with van der Waals surface area (Å²) >= 11 is 3.22. The van der Waals surface area contributed by atoms with Crippen LogP contribution in [0.25, 0.3) is 0 Å². The smallest absolute Gasteiger partial charge is 0.242 e. The summed E-state index contributed by atoms with van der Waals surface area (Å²) in [7, 11) is -3.85. The SMILES string of the molecule is C[C@@H](NS(=O)(=O)c1ccc(Br)cc1)C(=O)Nc1ccccc1F. The van der Waals surface area contributed by atoms with Crippen LogP contribution in [0.3, 0.4) is 0 Å². The Morgan fingerprint density at radius 1 is 1.13 bits per heavy atom. The number of anilines is 1. The Morgan fingerprint density at radius 3 is 2.35 bits per heavy atom. The molecule has 0 aliphatic heterocycles. The van der Waals surface area contributed by atoms with E-state index in [0.717, 1.165) is 4.47 Å². The molecule has 0 heterocycles. The zero-order valence-electron chi connectivity index (χ0n) is 12.1. The van der Waals surface area contributed by atoms with Gasteiger partial charge in [-0.15, -0.1) is 0 Å². The first kappa shape index (κ1) is 17.6. The Hall–Kier alpha value is -1.77. The van der Waals surface area contributed by atoms with Gasteiger partial charge in [0, 0.05) is 4.47 Å². The van der Waals surface area contributed by atoms with Crippen molar-refractivity contribution in [2.45, 2.75) is 17.9 Å². The maximum absolute atomic E-state index is 13.5. The molecule has 0 bridgehead atoms. The van der Waals surface area contributed by atoms with Crippen molar-refractivity contribution >= 4 is 37.5 Å². The topological polar surface area (TPSA) is 75.3 Å². The summed E-state index contributed by atoms with van der Waals surface area (Å²) in [6.07, 6.45) is 0. The molecule has 0 unspecified atom stereocenters. The molecule has 0 fully saturated rings. The zero-order valence-corrected chi connectivity index (χ0v) is 14.5. The van der Waals surface area contributed by atoms with Gasteiger partial charge < -0.3 is 5.32 Å². The fraction of sp³-hybridized carbons (Fsp3) is 0.133. The summed E-state index contributed by atoms with van der Waals surface area (Å²) in [5.74, 6) is -1.25. The van der Waals surface area contributed by atoms with Crippen molar-refractivity contribution in [2.24, 2.45) is 0 Å². The Labute approximate surface area is 142 Å². The molecule has 122 valence electrons. The predicted molar refractivity (Wildman–Crippen MR) is 89.0 cm³/mol. The highest BCUT2D eigenvalue weighted by Crippen LogP contribution is 2.16. The number of halogens is 2. The second kappa shape index (κ2) is 7.20. The number of hydrogen-bond donors (Lipinski definition) is 2. The van der Waals surface area contributed by atoms with Crippen molar-refractivity contribution in [3.63, 3.8) is 0 Å². The molecule has 8 heteroatoms. The standard InChI is InChI=1S/C15H14BrFN2O3S/c1-10(15(20)18-14-5-3-2-4-13(14)17)19-23(21,22)12-8-6-11(16)7-9-12/h2-10,19H,1H3,(H,18,20)/t10-/m1/s1. The summed E-state index contributed by atoms with van der Waals surface area (Å²) < 4.78 is 40.9. The molecule has 0 aliphatic carbocycles. The second-order valence-electron chi connectivity index (χ2n) is 4.77. The molecule has 2 aromatic rings. The van der Waals surface area contributed by atoms with Gasteiger partial charge in [0.05, 0.1) is 16.6 Å². The first-order valence-electron chi connectivity index (χ1n) is 6.63. The number of sulfonamides is 1. The van der Waals surface area contributed by atoms with Crippen LogP contribution in [-0.4, -0.2) is 20.4 Å². The molecular formula is C15H14BrFN2O3S. The van der Waals surface area contributed by atoms with Crippen molar-refractivity contribution in [3.8, 4) is 0 Å². The van der Waals surface area contributed by atoms with E-state index in [4.69, 9.17) is 0 Å². The molecule has 0 saturated carbocycles. The monoisotopic (exact) mass is 400 g/mol. The molecule has 1 atom stereocenters. The van der Waals surface area contributed by atoms with Gasteiger partial charge in [0.25, 0.3) is 0 Å². The molecule has 0 spiro atoms. The minimum Gasteiger partial charge on any atom is -0.322 e. The van der Waals surface area contributed by atoms with Gasteiger partial charge in [0.15, 0.2) is 0 Å². The molecule has 0 aliphatic rings. The Morgan fingerprint density at radius 2 is 1.74 bits per heavy atom. The maximum Gasteiger partial charge on any atom is 0.242 e. The number of rotatable bonds is 5. The van der Waals surface area contributed by atoms with Crippen LogP contribution in [0.15, 0.2) is 57.9 Å². The fourth-order valence-corrected chi connectivity index (χ4v) is 3.24. The van der Waals surface area contributed by atoms with Crippen LogP contribution < -0.4 is 10.0 Å². The van der Waals surface area contributed by atoms with Gasteiger partial charge in [-0.25, -0.2) is 12.8 Å². The average molecular weight is 401 g/mol. The normalized spacial score (nSPS) is 12.7. The van der Waals surface area contributed by atoms with Gasteiger partial charge in [-0.05, 0) is 43.3 Å². The molecule has 1 amide bonds. The van der Waals surface area contributed by atoms with E-state index >= 15 is 0 Å². The molecule has 23 heavy (non-hydrogen) atoms. The Kier molecular flexibility index (Phi) is 5.51. The molecule has 0 saturated heterocycles. The van der Waals surface area contributed by atoms with E-state index in [1.54, 1.807) is 18.2 Å². The second-order valence-corrected chi connectivity index (χ2v) is 7.40. The number of para-hydroxylation sites is 1. The van der Waals surface area contributed by atoms with Crippen LogP contribution in [0.1, 0.15) is 6.92 Å². The van der Waals surface area contributed by atoms with Crippen molar-refractivity contribution < 1.29 is 17.6 Å². The lowest BCUT2D eigenvalue weighted by atomic mass is 10.2. The van der Waals surface area contributed by atoms with E-state index in [0.29, 0.717) is 0 Å². The molecule has 2 N–H and O–H groups in total. The van der Waals surface area contributed by atoms with E-state index in [1.807, 2.05) is 0 Å². The number of hydrogen-bond acceptors (Lipinski definition) is 3. The third-order valence-electron chi connectivity index (χ3n) is 2.98. The van der Waals surface area contributed by atoms with Crippen molar-refractivity contribution in [3.05, 3.63) is 58.8 Å². The lowest BCUT2D eigenvalue weighted by Gasteiger charge is -2.15. The van der Waals surface area contributed by atoms with Crippen LogP contribution in [0, 0.1) is 5.82 Å². The van der Waals surface area contributed by atoms with Crippen LogP contribution in [-0.2, 0) is 14.8 Å². The van der Waals surface area contributed by atoms with Crippen LogP contribution >= 0.6 is 15.9 Å². The molecule has 0 aromatic heterocycles. The number of carbonyl (C=O) groups excluding carboxylic acids is 1. The summed E-state index contributed by atoms with van der Waals surface area (Å²) in [6, 6.07) is 10.6. The van der Waals surface area contributed by atoms with E-state index in [-0.39, 0.29) is 10.6 Å². The largest absolute Gasteiger partial charge is 0.322 e. The van der Waals surface area contributed by atoms with E-state index < -0.39 is 27.8 Å². The number of amides is 1. The quantitative estimate of drug-likeness (QED) is 0.809. The first-order valence-corrected chi connectivity index (χ1v) is 8.90. The summed E-state index contributed by atoms with van der Waals surface area (Å²) in [4.78, 5) is 12.0. The van der Waals surface area contributed by atoms with Gasteiger partial charge >= 0.3 is 0 Å². The predicted octanol–water partition coefficient (Wildman–Crippen LogP) is 2.89. The fourth-order valence-electron chi connectivity index (χ4n) is 1.77. The van der Waals surface area contributed by atoms with Crippen molar-refractivity contribution in [2.75, 3.05) is 5.32 Å². The van der Waals surface area contributed by atoms with Gasteiger partial charge in [-0.1, -0.05) is 28.1 Å². The van der Waals surface area contributed by atoms with E-state index in [1.165, 1.54) is 37.3 Å². The molecule has 0 radical (unpaired) electrons. The van der Waals surface area contributed by atoms with Crippen molar-refractivity contribution in [1.82, 2.24) is 4.72 Å². The number of nitrogens with one attached hydrogen (secondary N) is 2. The summed E-state index contributed by atoms with van der Waals surface area (Å²) in [5.41, 5.74) is -0.00723. The Balaban J connectivity index is 2.08. The lowest BCUT2D eigenvalue weighted by molar-refractivity contribution is -0.117. The highest BCUT2D eigenvalue weighted by atomic mass is 79.9. The summed E-state index contributed by atoms with van der Waals surface area (Å²) in [5, 5.41) is 2.34. The number of benzene rings is 2. The highest BCUT2D eigenvalue weighted by Gasteiger charge is 2.22. The molecule has 2 aromatic carbocycles. The molecule has 2 rings (SSSR count). The van der Waals surface area contributed by atoms with Crippen molar-refractivity contribution in [1.29, 1.82) is 0 Å². The third kappa shape index (κ3) is 4.60. The van der Waals surface area contributed by atoms with Gasteiger partial charge in [-0.2, -0.15) is 4.72 Å². The van der Waals surface area contributed by atoms with Gasteiger partial charge in [0.1, 0.15) is 5.82 Å². The zero-order chi connectivity index (χ0) is 17.0. The minimum absolute atomic E-state index is 0.00723. The van der Waals surface area contributed by atoms with E-state index in [9.17, 15) is 17.6 Å². The summed E-state index contributed by atoms with van der Waals surface area (Å²) in [6.45, 7) is 1.38. The molecular weight excluding hydrogens is 387 g/mol.